The summed E-state index contributed by atoms with van der Waals surface area (Å²) in [6, 6.07) is 7.41. The standard InChI is InChI=1S/C28H37F2NO4/c1-24-10-11-25(29)16-27(30)23(34)22(33)20(31(2)3)14-26(27)12-13-28(25,35-26)21(24)9-8-19(24)18-6-4-17(15-32)5-7-18/h4-8,20-23,32-34H,9-16H2,1-3H3/t20-,21?,22+,23-,24+,25?,26+,27?,28-/m0/s1. The van der Waals surface area contributed by atoms with Gasteiger partial charge in [-0.25, -0.2) is 8.78 Å². The van der Waals surface area contributed by atoms with Gasteiger partial charge in [0, 0.05) is 18.4 Å². The van der Waals surface area contributed by atoms with Crippen LogP contribution in [0.2, 0.25) is 0 Å². The first-order valence-corrected chi connectivity index (χ1v) is 13.0. The van der Waals surface area contributed by atoms with Crippen molar-refractivity contribution in [3.63, 3.8) is 0 Å². The first kappa shape index (κ1) is 24.0. The van der Waals surface area contributed by atoms with E-state index in [-0.39, 0.29) is 30.8 Å². The summed E-state index contributed by atoms with van der Waals surface area (Å²) < 4.78 is 40.7. The largest absolute Gasteiger partial charge is 0.392 e. The van der Waals surface area contributed by atoms with E-state index in [0.717, 1.165) is 11.1 Å². The number of hydrogen-bond acceptors (Lipinski definition) is 5. The van der Waals surface area contributed by atoms with Gasteiger partial charge in [-0.1, -0.05) is 37.3 Å². The van der Waals surface area contributed by atoms with E-state index >= 15 is 8.78 Å². The molecule has 4 fully saturated rings. The lowest BCUT2D eigenvalue weighted by Gasteiger charge is -2.65. The van der Waals surface area contributed by atoms with Gasteiger partial charge in [0.25, 0.3) is 0 Å². The van der Waals surface area contributed by atoms with Crippen LogP contribution in [0.3, 0.4) is 0 Å². The van der Waals surface area contributed by atoms with Crippen LogP contribution in [-0.4, -0.2) is 75.1 Å². The highest BCUT2D eigenvalue weighted by Crippen LogP contribution is 2.74. The molecule has 5 aliphatic rings. The van der Waals surface area contributed by atoms with Crippen molar-refractivity contribution in [1.29, 1.82) is 0 Å². The van der Waals surface area contributed by atoms with Crippen molar-refractivity contribution in [2.24, 2.45) is 11.3 Å². The zero-order valence-electron chi connectivity index (χ0n) is 20.8. The molecule has 7 heteroatoms. The van der Waals surface area contributed by atoms with E-state index in [1.807, 2.05) is 43.3 Å². The van der Waals surface area contributed by atoms with Crippen molar-refractivity contribution >= 4 is 5.57 Å². The van der Waals surface area contributed by atoms with Gasteiger partial charge < -0.3 is 25.0 Å². The second kappa shape index (κ2) is 7.35. The van der Waals surface area contributed by atoms with Gasteiger partial charge in [0.15, 0.2) is 5.67 Å². The number of allylic oxidation sites excluding steroid dienone is 2. The summed E-state index contributed by atoms with van der Waals surface area (Å²) in [6.07, 6.45) is 1.18. The van der Waals surface area contributed by atoms with Crippen molar-refractivity contribution in [3.05, 3.63) is 41.5 Å². The monoisotopic (exact) mass is 489 g/mol. The summed E-state index contributed by atoms with van der Waals surface area (Å²) in [5.74, 6) is -0.132. The molecule has 2 aliphatic heterocycles. The molecular formula is C28H37F2NO4. The maximum absolute atomic E-state index is 17.1. The van der Waals surface area contributed by atoms with Crippen LogP contribution in [-0.2, 0) is 11.3 Å². The van der Waals surface area contributed by atoms with Crippen LogP contribution < -0.4 is 0 Å². The number of hydrogen-bond donors (Lipinski definition) is 3. The molecule has 0 aromatic heterocycles. The number of nitrogens with zero attached hydrogens (tertiary/aromatic N) is 1. The first-order valence-electron chi connectivity index (χ1n) is 13.0. The summed E-state index contributed by atoms with van der Waals surface area (Å²) in [4.78, 5) is 1.81. The molecule has 3 unspecified atom stereocenters. The molecule has 192 valence electrons. The number of fused-ring (bicyclic) bond motifs is 1. The minimum Gasteiger partial charge on any atom is -0.392 e. The van der Waals surface area contributed by atoms with E-state index in [0.29, 0.717) is 25.7 Å². The van der Waals surface area contributed by atoms with Crippen LogP contribution in [0.25, 0.3) is 5.57 Å². The van der Waals surface area contributed by atoms with E-state index in [2.05, 4.69) is 13.0 Å². The highest BCUT2D eigenvalue weighted by molar-refractivity contribution is 5.73. The predicted molar refractivity (Wildman–Crippen MR) is 128 cm³/mol. The smallest absolute Gasteiger partial charge is 0.171 e. The number of halogens is 2. The zero-order valence-corrected chi connectivity index (χ0v) is 20.8. The number of aliphatic hydroxyl groups is 3. The van der Waals surface area contributed by atoms with Crippen molar-refractivity contribution in [1.82, 2.24) is 4.90 Å². The summed E-state index contributed by atoms with van der Waals surface area (Å²) >= 11 is 0. The average Bonchev–Trinajstić information content (AvgIpc) is 3.37. The summed E-state index contributed by atoms with van der Waals surface area (Å²) in [6.45, 7) is 2.18. The third kappa shape index (κ3) is 2.79. The Morgan fingerprint density at radius 1 is 1.06 bits per heavy atom. The van der Waals surface area contributed by atoms with Gasteiger partial charge in [0.1, 0.15) is 23.0 Å². The molecule has 3 aliphatic carbocycles. The molecule has 2 bridgehead atoms. The lowest BCUT2D eigenvalue weighted by atomic mass is 9.51. The molecule has 0 amide bonds. The molecule has 1 aromatic rings. The molecular weight excluding hydrogens is 452 g/mol. The van der Waals surface area contributed by atoms with Gasteiger partial charge in [0.2, 0.25) is 0 Å². The fraction of sp³-hybridized carbons (Fsp3) is 0.714. The van der Waals surface area contributed by atoms with Crippen molar-refractivity contribution in [2.45, 2.75) is 99.3 Å². The van der Waals surface area contributed by atoms with Gasteiger partial charge in [0.05, 0.1) is 12.7 Å². The number of likely N-dealkylation sites (N-methyl/N-ethyl adjacent to an activating group) is 1. The molecule has 35 heavy (non-hydrogen) atoms. The van der Waals surface area contributed by atoms with Gasteiger partial charge in [-0.3, -0.25) is 0 Å². The molecule has 9 atom stereocenters. The molecule has 3 N–H and O–H groups in total. The van der Waals surface area contributed by atoms with Gasteiger partial charge >= 0.3 is 0 Å². The van der Waals surface area contributed by atoms with Crippen LogP contribution in [0.1, 0.15) is 63.0 Å². The number of ether oxygens (including phenoxy) is 1. The second-order valence-corrected chi connectivity index (χ2v) is 12.3. The van der Waals surface area contributed by atoms with Crippen molar-refractivity contribution in [3.8, 4) is 0 Å². The average molecular weight is 490 g/mol. The molecule has 1 aromatic carbocycles. The zero-order chi connectivity index (χ0) is 25.0. The minimum absolute atomic E-state index is 0.0118. The molecule has 2 saturated carbocycles. The summed E-state index contributed by atoms with van der Waals surface area (Å²) in [5, 5.41) is 31.2. The Kier molecular flexibility index (Phi) is 5.04. The van der Waals surface area contributed by atoms with E-state index < -0.39 is 47.2 Å². The molecule has 6 rings (SSSR count). The summed E-state index contributed by atoms with van der Waals surface area (Å²) in [7, 11) is 3.62. The Morgan fingerprint density at radius 3 is 2.43 bits per heavy atom. The van der Waals surface area contributed by atoms with Crippen molar-refractivity contribution in [2.75, 3.05) is 14.1 Å². The van der Waals surface area contributed by atoms with Crippen LogP contribution in [0, 0.1) is 11.3 Å². The molecule has 2 spiro atoms. The van der Waals surface area contributed by atoms with Crippen LogP contribution in [0.4, 0.5) is 8.78 Å². The molecule has 2 heterocycles. The fourth-order valence-corrected chi connectivity index (χ4v) is 8.76. The Morgan fingerprint density at radius 2 is 1.77 bits per heavy atom. The van der Waals surface area contributed by atoms with Gasteiger partial charge in [-0.15, -0.1) is 0 Å². The Hall–Kier alpha value is -1.38. The second-order valence-electron chi connectivity index (χ2n) is 12.3. The SMILES string of the molecule is CN(C)[C@H]1C[C@@]23CC[C@]4(O2)C2CC=C(c5ccc(CO)cc5)[C@@]2(C)CCC4(F)CC3(F)[C@@H](O)[C@@H]1O. The van der Waals surface area contributed by atoms with Crippen molar-refractivity contribution < 1.29 is 28.8 Å². The Balaban J connectivity index is 1.40. The lowest BCUT2D eigenvalue weighted by Crippen LogP contribution is -2.78. The van der Waals surface area contributed by atoms with Crippen LogP contribution in [0.15, 0.2) is 30.3 Å². The fourth-order valence-electron chi connectivity index (χ4n) is 8.76. The number of aliphatic hydroxyl groups excluding tert-OH is 3. The Bertz CT molecular complexity index is 1060. The summed E-state index contributed by atoms with van der Waals surface area (Å²) in [5.41, 5.74) is -3.86. The predicted octanol–water partition coefficient (Wildman–Crippen LogP) is 3.55. The minimum atomic E-state index is -2.32. The quantitative estimate of drug-likeness (QED) is 0.606. The maximum Gasteiger partial charge on any atom is 0.171 e. The third-order valence-corrected chi connectivity index (χ3v) is 10.7. The van der Waals surface area contributed by atoms with Crippen LogP contribution in [0.5, 0.6) is 0 Å². The van der Waals surface area contributed by atoms with Gasteiger partial charge in [-0.2, -0.15) is 0 Å². The lowest BCUT2D eigenvalue weighted by molar-refractivity contribution is -0.347. The normalized spacial score (nSPS) is 50.5. The topological polar surface area (TPSA) is 73.2 Å². The highest BCUT2D eigenvalue weighted by Gasteiger charge is 2.82. The number of benzene rings is 1. The molecule has 2 saturated heterocycles. The highest BCUT2D eigenvalue weighted by atomic mass is 19.2. The van der Waals surface area contributed by atoms with E-state index in [1.165, 1.54) is 5.57 Å². The molecule has 5 nitrogen and oxygen atoms in total. The third-order valence-electron chi connectivity index (χ3n) is 10.7. The maximum atomic E-state index is 17.1. The number of rotatable bonds is 3. The van der Waals surface area contributed by atoms with E-state index in [1.54, 1.807) is 0 Å². The number of alkyl halides is 2. The van der Waals surface area contributed by atoms with Crippen LogP contribution >= 0.6 is 0 Å². The Labute approximate surface area is 205 Å². The molecule has 0 radical (unpaired) electrons. The van der Waals surface area contributed by atoms with E-state index in [9.17, 15) is 15.3 Å². The first-order chi connectivity index (χ1) is 16.5. The van der Waals surface area contributed by atoms with E-state index in [4.69, 9.17) is 4.74 Å². The van der Waals surface area contributed by atoms with Gasteiger partial charge in [-0.05, 0) is 74.7 Å².